The summed E-state index contributed by atoms with van der Waals surface area (Å²) in [5, 5.41) is 9.43. The van der Waals surface area contributed by atoms with Gasteiger partial charge < -0.3 is 9.47 Å². The average Bonchev–Trinajstić information content (AvgIpc) is 2.71. The summed E-state index contributed by atoms with van der Waals surface area (Å²) >= 11 is 12.3. The highest BCUT2D eigenvalue weighted by molar-refractivity contribution is 6.65. The van der Waals surface area contributed by atoms with E-state index in [1.165, 1.54) is 0 Å². The normalized spacial score (nSPS) is 13.6. The molecule has 0 unspecified atom stereocenters. The molecule has 0 saturated heterocycles. The average molecular weight is 349 g/mol. The summed E-state index contributed by atoms with van der Waals surface area (Å²) in [7, 11) is 3.20. The van der Waals surface area contributed by atoms with Crippen molar-refractivity contribution in [1.29, 1.82) is 0 Å². The van der Waals surface area contributed by atoms with Crippen molar-refractivity contribution in [3.05, 3.63) is 58.1 Å². The van der Waals surface area contributed by atoms with Gasteiger partial charge in [0.15, 0.2) is 11.5 Å². The molecule has 1 heterocycles. The molecule has 4 nitrogen and oxygen atoms in total. The number of halogens is 2. The van der Waals surface area contributed by atoms with Crippen LogP contribution in [0.2, 0.25) is 5.02 Å². The Kier molecular flexibility index (Phi) is 4.55. The van der Waals surface area contributed by atoms with Gasteiger partial charge in [0.2, 0.25) is 0 Å². The van der Waals surface area contributed by atoms with Crippen molar-refractivity contribution < 1.29 is 9.47 Å². The first kappa shape index (κ1) is 15.8. The molecule has 0 fully saturated rings. The smallest absolute Gasteiger partial charge is 0.161 e. The summed E-state index contributed by atoms with van der Waals surface area (Å²) in [6.07, 6.45) is 0.477. The fourth-order valence-electron chi connectivity index (χ4n) is 2.49. The van der Waals surface area contributed by atoms with E-state index >= 15 is 0 Å². The van der Waals surface area contributed by atoms with Gasteiger partial charge in [0.05, 0.1) is 14.2 Å². The van der Waals surface area contributed by atoms with Gasteiger partial charge in [-0.05, 0) is 29.8 Å². The van der Waals surface area contributed by atoms with E-state index in [0.717, 1.165) is 16.7 Å². The van der Waals surface area contributed by atoms with Crippen molar-refractivity contribution in [3.8, 4) is 11.5 Å². The van der Waals surface area contributed by atoms with Crippen LogP contribution < -0.4 is 9.47 Å². The fourth-order valence-corrected chi connectivity index (χ4v) is 2.86. The molecule has 0 N–H and O–H groups in total. The van der Waals surface area contributed by atoms with Gasteiger partial charge in [-0.2, -0.15) is 0 Å². The van der Waals surface area contributed by atoms with Crippen molar-refractivity contribution in [1.82, 2.24) is 0 Å². The number of benzene rings is 2. The topological polar surface area (TPSA) is 43.2 Å². The monoisotopic (exact) mass is 348 g/mol. The molecule has 0 atom stereocenters. The highest BCUT2D eigenvalue weighted by Gasteiger charge is 2.20. The summed E-state index contributed by atoms with van der Waals surface area (Å²) in [5.41, 5.74) is 3.41. The van der Waals surface area contributed by atoms with Gasteiger partial charge in [-0.1, -0.05) is 35.3 Å². The minimum atomic E-state index is 0.412. The Morgan fingerprint density at radius 2 is 1.70 bits per heavy atom. The number of hydrogen-bond acceptors (Lipinski definition) is 4. The zero-order valence-electron chi connectivity index (χ0n) is 12.6. The Labute approximate surface area is 144 Å². The number of fused-ring (bicyclic) bond motifs is 1. The van der Waals surface area contributed by atoms with Crippen molar-refractivity contribution >= 4 is 34.1 Å². The van der Waals surface area contributed by atoms with Crippen LogP contribution in [0.15, 0.2) is 46.6 Å². The molecule has 1 aliphatic rings. The first-order valence-electron chi connectivity index (χ1n) is 6.93. The Morgan fingerprint density at radius 1 is 0.957 bits per heavy atom. The van der Waals surface area contributed by atoms with E-state index in [9.17, 15) is 0 Å². The maximum atomic E-state index is 6.15. The van der Waals surface area contributed by atoms with Crippen LogP contribution >= 0.6 is 23.2 Å². The molecule has 1 aliphatic heterocycles. The second-order valence-electron chi connectivity index (χ2n) is 4.98. The molecule has 6 heteroatoms. The van der Waals surface area contributed by atoms with Gasteiger partial charge in [-0.3, -0.25) is 0 Å². The lowest BCUT2D eigenvalue weighted by Gasteiger charge is -2.14. The SMILES string of the molecule is COc1cc2c(cc1OC)C(c1cccc(Cl)c1)=NN=C(Cl)C2. The standard InChI is InChI=1S/C17H14Cl2N2O2/c1-22-14-7-11-8-16(19)20-21-17(13(11)9-15(14)23-2)10-4-3-5-12(18)6-10/h3-7,9H,8H2,1-2H3. The van der Waals surface area contributed by atoms with Crippen molar-refractivity contribution in [2.75, 3.05) is 14.2 Å². The molecule has 0 spiro atoms. The summed E-state index contributed by atoms with van der Waals surface area (Å²) in [6.45, 7) is 0. The third-order valence-corrected chi connectivity index (χ3v) is 4.00. The van der Waals surface area contributed by atoms with E-state index in [4.69, 9.17) is 32.7 Å². The van der Waals surface area contributed by atoms with E-state index in [0.29, 0.717) is 33.8 Å². The van der Waals surface area contributed by atoms with Crippen LogP contribution in [0.1, 0.15) is 16.7 Å². The summed E-state index contributed by atoms with van der Waals surface area (Å²) in [4.78, 5) is 0. The third-order valence-electron chi connectivity index (χ3n) is 3.56. The van der Waals surface area contributed by atoms with Crippen molar-refractivity contribution in [3.63, 3.8) is 0 Å². The van der Waals surface area contributed by atoms with Crippen LogP contribution in [0, 0.1) is 0 Å². The maximum Gasteiger partial charge on any atom is 0.161 e. The molecule has 0 aliphatic carbocycles. The van der Waals surface area contributed by atoms with Crippen LogP contribution in [0.25, 0.3) is 0 Å². The Bertz CT molecular complexity index is 816. The quantitative estimate of drug-likeness (QED) is 0.829. The summed E-state index contributed by atoms with van der Waals surface area (Å²) in [5.74, 6) is 1.27. The van der Waals surface area contributed by atoms with E-state index in [1.807, 2.05) is 36.4 Å². The molecule has 2 aromatic rings. The van der Waals surface area contributed by atoms with Gasteiger partial charge in [0.1, 0.15) is 10.9 Å². The van der Waals surface area contributed by atoms with Crippen molar-refractivity contribution in [2.45, 2.75) is 6.42 Å². The third kappa shape index (κ3) is 3.19. The lowest BCUT2D eigenvalue weighted by Crippen LogP contribution is -2.08. The first-order valence-corrected chi connectivity index (χ1v) is 7.69. The number of methoxy groups -OCH3 is 2. The number of ether oxygens (including phenoxy) is 2. The van der Waals surface area contributed by atoms with E-state index in [-0.39, 0.29) is 0 Å². The van der Waals surface area contributed by atoms with Crippen LogP contribution in [0.3, 0.4) is 0 Å². The Hall–Kier alpha value is -2.04. The number of nitrogens with zero attached hydrogens (tertiary/aromatic N) is 2. The van der Waals surface area contributed by atoms with Gasteiger partial charge in [0.25, 0.3) is 0 Å². The van der Waals surface area contributed by atoms with Gasteiger partial charge in [-0.25, -0.2) is 0 Å². The predicted octanol–water partition coefficient (Wildman–Crippen LogP) is 4.30. The lowest BCUT2D eigenvalue weighted by atomic mass is 9.95. The molecule has 23 heavy (non-hydrogen) atoms. The van der Waals surface area contributed by atoms with Crippen LogP contribution in [0.5, 0.6) is 11.5 Å². The molecule has 0 bridgehead atoms. The molecule has 0 saturated carbocycles. The highest BCUT2D eigenvalue weighted by Crippen LogP contribution is 2.33. The molecule has 0 amide bonds. The molecule has 0 aromatic heterocycles. The molecule has 3 rings (SSSR count). The zero-order valence-corrected chi connectivity index (χ0v) is 14.1. The van der Waals surface area contributed by atoms with Gasteiger partial charge in [0, 0.05) is 22.6 Å². The minimum absolute atomic E-state index is 0.412. The highest BCUT2D eigenvalue weighted by atomic mass is 35.5. The predicted molar refractivity (Wildman–Crippen MR) is 93.6 cm³/mol. The second-order valence-corrected chi connectivity index (χ2v) is 5.85. The van der Waals surface area contributed by atoms with E-state index < -0.39 is 0 Å². The molecule has 118 valence electrons. The van der Waals surface area contributed by atoms with Crippen LogP contribution in [0.4, 0.5) is 0 Å². The van der Waals surface area contributed by atoms with Gasteiger partial charge in [-0.15, -0.1) is 10.2 Å². The molecular weight excluding hydrogens is 335 g/mol. The lowest BCUT2D eigenvalue weighted by molar-refractivity contribution is 0.354. The van der Waals surface area contributed by atoms with Crippen LogP contribution in [-0.4, -0.2) is 25.1 Å². The zero-order chi connectivity index (χ0) is 16.4. The maximum absolute atomic E-state index is 6.15. The molecular formula is C17H14Cl2N2O2. The minimum Gasteiger partial charge on any atom is -0.493 e. The van der Waals surface area contributed by atoms with Crippen LogP contribution in [-0.2, 0) is 6.42 Å². The second kappa shape index (κ2) is 6.60. The van der Waals surface area contributed by atoms with E-state index in [1.54, 1.807) is 14.2 Å². The van der Waals surface area contributed by atoms with Gasteiger partial charge >= 0.3 is 0 Å². The number of rotatable bonds is 3. The summed E-state index contributed by atoms with van der Waals surface area (Å²) in [6, 6.07) is 11.2. The number of hydrogen-bond donors (Lipinski definition) is 0. The van der Waals surface area contributed by atoms with Crippen molar-refractivity contribution in [2.24, 2.45) is 10.2 Å². The molecule has 0 radical (unpaired) electrons. The van der Waals surface area contributed by atoms with E-state index in [2.05, 4.69) is 10.2 Å². The Morgan fingerprint density at radius 3 is 2.39 bits per heavy atom. The first-order chi connectivity index (χ1) is 11.1. The largest absolute Gasteiger partial charge is 0.493 e. The summed E-state index contributed by atoms with van der Waals surface area (Å²) < 4.78 is 10.8. The fraction of sp³-hybridized carbons (Fsp3) is 0.176. The molecule has 2 aromatic carbocycles. The Balaban J connectivity index is 2.22.